The third-order valence-corrected chi connectivity index (χ3v) is 11.3. The number of unbranched alkanes of at least 4 members (excludes halogenated alkanes) is 4. The lowest BCUT2D eigenvalue weighted by molar-refractivity contribution is -0.162. The molecule has 0 fully saturated rings. The number of rotatable bonds is 20. The molecule has 0 radical (unpaired) electrons. The van der Waals surface area contributed by atoms with E-state index < -0.39 is 47.9 Å². The minimum absolute atomic E-state index is 0.00108. The lowest BCUT2D eigenvalue weighted by atomic mass is 9.95. The Balaban J connectivity index is 1.29. The van der Waals surface area contributed by atoms with Crippen LogP contribution in [0, 0.1) is 0 Å². The van der Waals surface area contributed by atoms with Crippen molar-refractivity contribution in [1.82, 2.24) is 20.6 Å². The van der Waals surface area contributed by atoms with Crippen molar-refractivity contribution in [3.63, 3.8) is 0 Å². The average molecular weight is 861 g/mol. The van der Waals surface area contributed by atoms with Crippen molar-refractivity contribution in [3.05, 3.63) is 124 Å². The zero-order chi connectivity index (χ0) is 44.7. The second kappa shape index (κ2) is 22.3. The summed E-state index contributed by atoms with van der Waals surface area (Å²) in [6, 6.07) is 25.6. The van der Waals surface area contributed by atoms with Crippen molar-refractivity contribution in [2.45, 2.75) is 123 Å². The van der Waals surface area contributed by atoms with Crippen molar-refractivity contribution in [3.8, 4) is 28.3 Å². The molecule has 0 spiro atoms. The maximum absolute atomic E-state index is 14.2. The number of esters is 2. The predicted octanol–water partition coefficient (Wildman–Crippen LogP) is 9.82. The van der Waals surface area contributed by atoms with E-state index in [-0.39, 0.29) is 18.4 Å². The summed E-state index contributed by atoms with van der Waals surface area (Å²) < 4.78 is 17.0. The molecule has 5 aromatic rings. The number of hydrogen-bond acceptors (Lipinski definition) is 10. The summed E-state index contributed by atoms with van der Waals surface area (Å²) in [4.78, 5) is 65.0. The molecule has 12 heteroatoms. The zero-order valence-corrected chi connectivity index (χ0v) is 37.8. The van der Waals surface area contributed by atoms with Gasteiger partial charge in [0.2, 0.25) is 5.91 Å². The third-order valence-electron chi connectivity index (χ3n) is 9.82. The molecule has 5 rings (SSSR count). The maximum Gasteiger partial charge on any atom is 0.329 e. The Bertz CT molecular complexity index is 2210. The number of hydrogen-bond donors (Lipinski definition) is 2. The van der Waals surface area contributed by atoms with Gasteiger partial charge in [-0.2, -0.15) is 0 Å². The van der Waals surface area contributed by atoms with E-state index in [0.717, 1.165) is 44.9 Å². The first-order valence-electron chi connectivity index (χ1n) is 21.4. The van der Waals surface area contributed by atoms with E-state index in [1.54, 1.807) is 39.2 Å². The number of nitrogens with zero attached hydrogens (tertiary/aromatic N) is 2. The summed E-state index contributed by atoms with van der Waals surface area (Å²) in [5.74, 6) is -1.24. The van der Waals surface area contributed by atoms with Crippen LogP contribution in [-0.2, 0) is 42.3 Å². The van der Waals surface area contributed by atoms with E-state index in [0.29, 0.717) is 17.3 Å². The lowest BCUT2D eigenvalue weighted by Crippen LogP contribution is -2.53. The van der Waals surface area contributed by atoms with Crippen LogP contribution in [0.25, 0.3) is 22.5 Å². The molecule has 0 saturated carbocycles. The van der Waals surface area contributed by atoms with Gasteiger partial charge in [0.25, 0.3) is 5.91 Å². The number of nitrogens with one attached hydrogen (secondary N) is 2. The highest BCUT2D eigenvalue weighted by Gasteiger charge is 2.33. The standard InChI is InChI=1S/C50H60N4O7S/c1-8-9-10-11-15-28-59-39-24-22-36(23-25-39)38-31-51-45(52-32-38)37-20-18-34(19-21-37)29-40(53-47(57)42-26-27-43(62-42)49(2,3)4)46(56)54-41(48(58)61-50(5,6)7)30-44(55)60-33-35-16-13-12-14-17-35/h12-14,16-27,31-32,40-41H,8-11,15,28-30,33H2,1-7H3,(H,53,57)(H,54,56). The minimum Gasteiger partial charge on any atom is -0.494 e. The molecule has 2 heterocycles. The molecule has 2 aromatic heterocycles. The first kappa shape index (κ1) is 47.2. The first-order valence-corrected chi connectivity index (χ1v) is 22.2. The van der Waals surface area contributed by atoms with Crippen LogP contribution < -0.4 is 15.4 Å². The highest BCUT2D eigenvalue weighted by Crippen LogP contribution is 2.30. The zero-order valence-electron chi connectivity index (χ0n) is 37.0. The fourth-order valence-corrected chi connectivity index (χ4v) is 7.36. The number of amides is 2. The normalized spacial score (nSPS) is 12.5. The molecule has 2 atom stereocenters. The van der Waals surface area contributed by atoms with Crippen LogP contribution in [-0.4, -0.2) is 58.0 Å². The van der Waals surface area contributed by atoms with Crippen LogP contribution in [0.2, 0.25) is 0 Å². The van der Waals surface area contributed by atoms with Crippen molar-refractivity contribution in [1.29, 1.82) is 0 Å². The van der Waals surface area contributed by atoms with E-state index in [4.69, 9.17) is 14.2 Å². The predicted molar refractivity (Wildman–Crippen MR) is 244 cm³/mol. The molecule has 0 aliphatic rings. The Labute approximate surface area is 370 Å². The van der Waals surface area contributed by atoms with Gasteiger partial charge < -0.3 is 24.8 Å². The number of ether oxygens (including phenoxy) is 3. The number of thiophene rings is 1. The monoisotopic (exact) mass is 860 g/mol. The molecule has 0 aliphatic carbocycles. The number of benzene rings is 3. The van der Waals surface area contributed by atoms with Crippen LogP contribution in [0.15, 0.2) is 103 Å². The molecular formula is C50H60N4O7S. The number of aromatic nitrogens is 2. The molecule has 62 heavy (non-hydrogen) atoms. The maximum atomic E-state index is 14.2. The lowest BCUT2D eigenvalue weighted by Gasteiger charge is -2.26. The minimum atomic E-state index is -1.38. The van der Waals surface area contributed by atoms with Gasteiger partial charge in [-0.3, -0.25) is 14.4 Å². The van der Waals surface area contributed by atoms with Crippen LogP contribution >= 0.6 is 11.3 Å². The molecule has 2 N–H and O–H groups in total. The molecular weight excluding hydrogens is 801 g/mol. The molecule has 2 unspecified atom stereocenters. The molecule has 328 valence electrons. The van der Waals surface area contributed by atoms with Crippen molar-refractivity contribution < 1.29 is 33.4 Å². The van der Waals surface area contributed by atoms with Crippen molar-refractivity contribution in [2.24, 2.45) is 0 Å². The molecule has 3 aromatic carbocycles. The van der Waals surface area contributed by atoms with E-state index >= 15 is 0 Å². The summed E-state index contributed by atoms with van der Waals surface area (Å²) >= 11 is 1.35. The summed E-state index contributed by atoms with van der Waals surface area (Å²) in [6.45, 7) is 14.2. The molecule has 0 aliphatic heterocycles. The van der Waals surface area contributed by atoms with E-state index in [9.17, 15) is 19.2 Å². The Hall–Kier alpha value is -5.88. The number of carbonyl (C=O) groups is 4. The average Bonchev–Trinajstić information content (AvgIpc) is 3.76. The van der Waals surface area contributed by atoms with Gasteiger partial charge in [0.15, 0.2) is 5.82 Å². The smallest absolute Gasteiger partial charge is 0.329 e. The summed E-state index contributed by atoms with van der Waals surface area (Å²) in [5, 5.41) is 5.59. The second-order valence-corrected chi connectivity index (χ2v) is 18.5. The van der Waals surface area contributed by atoms with Crippen LogP contribution in [0.1, 0.15) is 113 Å². The SMILES string of the molecule is CCCCCCCOc1ccc(-c2cnc(-c3ccc(CC(NC(=O)c4ccc(C(C)(C)C)s4)C(=O)NC(CC(=O)OCc4ccccc4)C(=O)OC(C)(C)C)cc3)nc2)cc1. The topological polar surface area (TPSA) is 146 Å². The highest BCUT2D eigenvalue weighted by atomic mass is 32.1. The highest BCUT2D eigenvalue weighted by molar-refractivity contribution is 7.14. The second-order valence-electron chi connectivity index (χ2n) is 17.4. The quantitative estimate of drug-likeness (QED) is 0.0577. The first-order chi connectivity index (χ1) is 29.6. The van der Waals surface area contributed by atoms with Gasteiger partial charge in [0, 0.05) is 34.8 Å². The van der Waals surface area contributed by atoms with Gasteiger partial charge in [-0.05, 0) is 73.6 Å². The summed E-state index contributed by atoms with van der Waals surface area (Å²) in [7, 11) is 0. The van der Waals surface area contributed by atoms with Crippen LogP contribution in [0.5, 0.6) is 5.75 Å². The Morgan fingerprint density at radius 3 is 1.98 bits per heavy atom. The fourth-order valence-electron chi connectivity index (χ4n) is 6.39. The Morgan fingerprint density at radius 2 is 1.35 bits per heavy atom. The molecule has 11 nitrogen and oxygen atoms in total. The van der Waals surface area contributed by atoms with Crippen molar-refractivity contribution >= 4 is 35.1 Å². The van der Waals surface area contributed by atoms with Gasteiger partial charge in [0.05, 0.1) is 17.9 Å². The fraction of sp³-hybridized carbons (Fsp3) is 0.400. The van der Waals surface area contributed by atoms with Gasteiger partial charge in [-0.1, -0.05) is 120 Å². The third kappa shape index (κ3) is 14.9. The Kier molecular flexibility index (Phi) is 17.0. The number of carbonyl (C=O) groups excluding carboxylic acids is 4. The van der Waals surface area contributed by atoms with Gasteiger partial charge in [0.1, 0.15) is 30.0 Å². The van der Waals surface area contributed by atoms with E-state index in [1.165, 1.54) is 37.0 Å². The molecule has 2 amide bonds. The van der Waals surface area contributed by atoms with Crippen LogP contribution in [0.4, 0.5) is 0 Å². The summed E-state index contributed by atoms with van der Waals surface area (Å²) in [6.07, 6.45) is 9.12. The van der Waals surface area contributed by atoms with Gasteiger partial charge >= 0.3 is 11.9 Å². The Morgan fingerprint density at radius 1 is 0.694 bits per heavy atom. The van der Waals surface area contributed by atoms with Gasteiger partial charge in [-0.15, -0.1) is 11.3 Å². The summed E-state index contributed by atoms with van der Waals surface area (Å²) in [5.41, 5.74) is 3.04. The molecule has 0 bridgehead atoms. The molecule has 0 saturated heterocycles. The van der Waals surface area contributed by atoms with Crippen LogP contribution in [0.3, 0.4) is 0 Å². The van der Waals surface area contributed by atoms with E-state index in [2.05, 4.69) is 48.3 Å². The van der Waals surface area contributed by atoms with E-state index in [1.807, 2.05) is 84.9 Å². The largest absolute Gasteiger partial charge is 0.494 e. The van der Waals surface area contributed by atoms with Gasteiger partial charge in [-0.25, -0.2) is 14.8 Å². The van der Waals surface area contributed by atoms with Crippen molar-refractivity contribution in [2.75, 3.05) is 6.61 Å².